The number of benzene rings is 1. The van der Waals surface area contributed by atoms with Gasteiger partial charge in [-0.15, -0.1) is 11.3 Å². The van der Waals surface area contributed by atoms with Gasteiger partial charge in [-0.2, -0.15) is 5.10 Å². The maximum Gasteiger partial charge on any atom is 0.287 e. The van der Waals surface area contributed by atoms with Crippen LogP contribution in [0.1, 0.15) is 16.1 Å². The highest BCUT2D eigenvalue weighted by Gasteiger charge is 2.28. The summed E-state index contributed by atoms with van der Waals surface area (Å²) in [5.41, 5.74) is 6.27. The molecule has 0 radical (unpaired) electrons. The number of amides is 2. The number of nitrogens with one attached hydrogen (secondary N) is 1. The number of rotatable bonds is 7. The molecule has 4 rings (SSSR count). The maximum absolute atomic E-state index is 12.9. The van der Waals surface area contributed by atoms with E-state index in [0.717, 1.165) is 15.6 Å². The second kappa shape index (κ2) is 8.26. The molecule has 0 saturated carbocycles. The Morgan fingerprint density at radius 1 is 1.07 bits per heavy atom. The molecule has 3 N–H and O–H groups in total. The zero-order valence-electron chi connectivity index (χ0n) is 15.7. The third-order valence-corrected chi connectivity index (χ3v) is 5.60. The van der Waals surface area contributed by atoms with Crippen molar-refractivity contribution in [3.8, 4) is 5.82 Å². The van der Waals surface area contributed by atoms with Crippen molar-refractivity contribution >= 4 is 39.0 Å². The Kier molecular flexibility index (Phi) is 5.36. The summed E-state index contributed by atoms with van der Waals surface area (Å²) >= 11 is 1.53. The lowest BCUT2D eigenvalue weighted by atomic mass is 10.0. The summed E-state index contributed by atoms with van der Waals surface area (Å²) in [4.78, 5) is 41.1. The summed E-state index contributed by atoms with van der Waals surface area (Å²) in [6.07, 6.45) is 3.19. The van der Waals surface area contributed by atoms with Gasteiger partial charge in [0.25, 0.3) is 11.8 Å². The molecule has 8 nitrogen and oxygen atoms in total. The first-order valence-electron chi connectivity index (χ1n) is 9.09. The van der Waals surface area contributed by atoms with Crippen molar-refractivity contribution in [1.82, 2.24) is 20.1 Å². The van der Waals surface area contributed by atoms with Crippen molar-refractivity contribution in [2.75, 3.05) is 0 Å². The van der Waals surface area contributed by atoms with Gasteiger partial charge in [0.15, 0.2) is 5.82 Å². The second-order valence-corrected chi connectivity index (χ2v) is 7.44. The summed E-state index contributed by atoms with van der Waals surface area (Å²) in [5.74, 6) is -2.06. The van der Waals surface area contributed by atoms with Crippen LogP contribution in [0.5, 0.6) is 0 Å². The average Bonchev–Trinajstić information content (AvgIpc) is 3.41. The van der Waals surface area contributed by atoms with Gasteiger partial charge in [0, 0.05) is 17.3 Å². The number of fused-ring (bicyclic) bond motifs is 1. The number of primary amides is 1. The number of nitrogens with two attached hydrogens (primary N) is 1. The fourth-order valence-corrected chi connectivity index (χ4v) is 4.14. The first-order valence-corrected chi connectivity index (χ1v) is 9.97. The van der Waals surface area contributed by atoms with Crippen molar-refractivity contribution in [3.05, 3.63) is 77.6 Å². The summed E-state index contributed by atoms with van der Waals surface area (Å²) in [5, 5.41) is 9.65. The largest absolute Gasteiger partial charge is 0.363 e. The quantitative estimate of drug-likeness (QED) is 0.443. The number of Topliss-reactive ketones (excluding diaryl/α,β-unsaturated/α-hetero) is 1. The Balaban J connectivity index is 1.62. The molecule has 0 saturated heterocycles. The van der Waals surface area contributed by atoms with E-state index in [1.807, 2.05) is 29.6 Å². The van der Waals surface area contributed by atoms with E-state index < -0.39 is 23.6 Å². The first kappa shape index (κ1) is 19.5. The molecule has 2 amide bonds. The van der Waals surface area contributed by atoms with Crippen LogP contribution in [0.15, 0.2) is 66.3 Å². The SMILES string of the molecule is NC(=O)C(=O)C(Cc1csc2ccccc12)NC(=O)c1ccnn1-c1ccccn1. The minimum Gasteiger partial charge on any atom is -0.363 e. The van der Waals surface area contributed by atoms with Crippen LogP contribution in [0.4, 0.5) is 0 Å². The van der Waals surface area contributed by atoms with Crippen molar-refractivity contribution in [2.24, 2.45) is 5.73 Å². The van der Waals surface area contributed by atoms with E-state index in [9.17, 15) is 14.4 Å². The summed E-state index contributed by atoms with van der Waals surface area (Å²) in [7, 11) is 0. The molecule has 0 aliphatic carbocycles. The Labute approximate surface area is 175 Å². The van der Waals surface area contributed by atoms with Crippen LogP contribution >= 0.6 is 11.3 Å². The summed E-state index contributed by atoms with van der Waals surface area (Å²) in [6, 6.07) is 13.4. The zero-order chi connectivity index (χ0) is 21.1. The van der Waals surface area contributed by atoms with E-state index in [-0.39, 0.29) is 12.1 Å². The molecule has 0 aliphatic heterocycles. The van der Waals surface area contributed by atoms with E-state index in [4.69, 9.17) is 5.73 Å². The average molecular weight is 419 g/mol. The van der Waals surface area contributed by atoms with E-state index >= 15 is 0 Å². The fourth-order valence-electron chi connectivity index (χ4n) is 3.16. The van der Waals surface area contributed by atoms with Crippen LogP contribution in [-0.2, 0) is 16.0 Å². The molecule has 30 heavy (non-hydrogen) atoms. The minimum atomic E-state index is -1.10. The molecule has 0 bridgehead atoms. The lowest BCUT2D eigenvalue weighted by Gasteiger charge is -2.16. The number of carbonyl (C=O) groups is 3. The first-order chi connectivity index (χ1) is 14.5. The van der Waals surface area contributed by atoms with Crippen molar-refractivity contribution in [1.29, 1.82) is 0 Å². The molecule has 4 aromatic rings. The molecular formula is C21H17N5O3S. The zero-order valence-corrected chi connectivity index (χ0v) is 16.5. The van der Waals surface area contributed by atoms with Crippen LogP contribution in [0.25, 0.3) is 15.9 Å². The van der Waals surface area contributed by atoms with Gasteiger partial charge in [0.1, 0.15) is 11.7 Å². The second-order valence-electron chi connectivity index (χ2n) is 6.53. The van der Waals surface area contributed by atoms with Gasteiger partial charge in [-0.25, -0.2) is 9.67 Å². The van der Waals surface area contributed by atoms with Crippen LogP contribution < -0.4 is 11.1 Å². The van der Waals surface area contributed by atoms with E-state index in [1.54, 1.807) is 24.4 Å². The number of carbonyl (C=O) groups excluding carboxylic acids is 3. The van der Waals surface area contributed by atoms with Crippen LogP contribution in [0.2, 0.25) is 0 Å². The van der Waals surface area contributed by atoms with Gasteiger partial charge >= 0.3 is 0 Å². The molecule has 3 aromatic heterocycles. The molecule has 0 spiro atoms. The molecule has 1 atom stereocenters. The van der Waals surface area contributed by atoms with Gasteiger partial charge in [0.05, 0.1) is 6.20 Å². The number of pyridine rings is 1. The highest BCUT2D eigenvalue weighted by molar-refractivity contribution is 7.17. The number of nitrogens with zero attached hydrogens (tertiary/aromatic N) is 3. The lowest BCUT2D eigenvalue weighted by molar-refractivity contribution is -0.137. The van der Waals surface area contributed by atoms with Crippen molar-refractivity contribution in [2.45, 2.75) is 12.5 Å². The van der Waals surface area contributed by atoms with E-state index in [0.29, 0.717) is 5.82 Å². The van der Waals surface area contributed by atoms with Crippen LogP contribution in [0, 0.1) is 0 Å². The summed E-state index contributed by atoms with van der Waals surface area (Å²) in [6.45, 7) is 0. The third kappa shape index (κ3) is 3.83. The van der Waals surface area contributed by atoms with Gasteiger partial charge in [0.2, 0.25) is 5.78 Å². The highest BCUT2D eigenvalue weighted by atomic mass is 32.1. The van der Waals surface area contributed by atoms with Crippen LogP contribution in [-0.4, -0.2) is 38.4 Å². The highest BCUT2D eigenvalue weighted by Crippen LogP contribution is 2.26. The Morgan fingerprint density at radius 3 is 2.63 bits per heavy atom. The Hall–Kier alpha value is -3.85. The minimum absolute atomic E-state index is 0.148. The third-order valence-electron chi connectivity index (χ3n) is 4.59. The predicted molar refractivity (Wildman–Crippen MR) is 112 cm³/mol. The number of thiophene rings is 1. The Morgan fingerprint density at radius 2 is 1.87 bits per heavy atom. The molecule has 1 unspecified atom stereocenters. The molecule has 3 heterocycles. The van der Waals surface area contributed by atoms with Gasteiger partial charge in [-0.1, -0.05) is 24.3 Å². The van der Waals surface area contributed by atoms with Gasteiger partial charge in [-0.3, -0.25) is 14.4 Å². The van der Waals surface area contributed by atoms with Crippen molar-refractivity contribution in [3.63, 3.8) is 0 Å². The van der Waals surface area contributed by atoms with Crippen LogP contribution in [0.3, 0.4) is 0 Å². The molecule has 9 heteroatoms. The summed E-state index contributed by atoms with van der Waals surface area (Å²) < 4.78 is 2.42. The standard InChI is InChI=1S/C21H17N5O3S/c22-20(28)19(27)15(11-13-12-30-17-6-2-1-5-14(13)17)25-21(29)16-8-10-24-26(16)18-7-3-4-9-23-18/h1-10,12,15H,11H2,(H2,22,28)(H,25,29). The number of ketones is 1. The number of aromatic nitrogens is 3. The number of hydrogen-bond donors (Lipinski definition) is 2. The molecule has 1 aromatic carbocycles. The molecule has 150 valence electrons. The molecule has 0 fully saturated rings. The monoisotopic (exact) mass is 419 g/mol. The van der Waals surface area contributed by atoms with Crippen molar-refractivity contribution < 1.29 is 14.4 Å². The molecular weight excluding hydrogens is 402 g/mol. The van der Waals surface area contributed by atoms with Gasteiger partial charge in [-0.05, 0) is 40.6 Å². The fraction of sp³-hybridized carbons (Fsp3) is 0.0952. The smallest absolute Gasteiger partial charge is 0.287 e. The lowest BCUT2D eigenvalue weighted by Crippen LogP contribution is -2.47. The van der Waals surface area contributed by atoms with Gasteiger partial charge < -0.3 is 11.1 Å². The number of hydrogen-bond acceptors (Lipinski definition) is 6. The topological polar surface area (TPSA) is 120 Å². The predicted octanol–water partition coefficient (Wildman–Crippen LogP) is 1.88. The molecule has 0 aliphatic rings. The maximum atomic E-state index is 12.9. The Bertz CT molecular complexity index is 1230. The van der Waals surface area contributed by atoms with E-state index in [1.165, 1.54) is 28.3 Å². The normalized spacial score (nSPS) is 11.9. The van der Waals surface area contributed by atoms with E-state index in [2.05, 4.69) is 15.4 Å².